The summed E-state index contributed by atoms with van der Waals surface area (Å²) in [5.74, 6) is 0.0417. The molecule has 0 spiro atoms. The van der Waals surface area contributed by atoms with Crippen molar-refractivity contribution in [3.05, 3.63) is 36.7 Å². The zero-order valence-corrected chi connectivity index (χ0v) is 13.7. The van der Waals surface area contributed by atoms with Crippen molar-refractivity contribution in [2.75, 3.05) is 13.1 Å². The van der Waals surface area contributed by atoms with Crippen LogP contribution in [0.5, 0.6) is 0 Å². The molecular formula is C16H17N3O4S. The maximum atomic E-state index is 13.1. The van der Waals surface area contributed by atoms with Crippen molar-refractivity contribution in [3.8, 4) is 0 Å². The number of fused-ring (bicyclic) bond motifs is 2. The maximum Gasteiger partial charge on any atom is 0.405 e. The van der Waals surface area contributed by atoms with Crippen LogP contribution in [-0.4, -0.2) is 47.5 Å². The molecule has 2 aliphatic rings. The van der Waals surface area contributed by atoms with Gasteiger partial charge in [0.05, 0.1) is 10.4 Å². The second-order valence-electron chi connectivity index (χ2n) is 6.47. The summed E-state index contributed by atoms with van der Waals surface area (Å²) < 4.78 is 27.7. The standard InChI is InChI=1S/C16H17N3O4S/c20-15(21)18-16-6-4-12(16)9-19(10-16)24(22,23)14-3-1-2-11-8-17-7-5-13(11)14/h1-3,5,7-8,12,18H,4,6,9-10H2,(H,20,21). The molecule has 7 nitrogen and oxygen atoms in total. The topological polar surface area (TPSA) is 99.6 Å². The van der Waals surface area contributed by atoms with Crippen LogP contribution in [0.3, 0.4) is 0 Å². The van der Waals surface area contributed by atoms with E-state index in [0.717, 1.165) is 11.8 Å². The number of pyridine rings is 1. The van der Waals surface area contributed by atoms with E-state index in [1.165, 1.54) is 4.31 Å². The van der Waals surface area contributed by atoms with Gasteiger partial charge in [0.15, 0.2) is 0 Å². The van der Waals surface area contributed by atoms with E-state index < -0.39 is 21.7 Å². The van der Waals surface area contributed by atoms with Gasteiger partial charge in [-0.3, -0.25) is 4.98 Å². The number of nitrogens with zero attached hydrogens (tertiary/aromatic N) is 2. The first kappa shape index (κ1) is 15.3. The molecule has 1 aliphatic carbocycles. The van der Waals surface area contributed by atoms with E-state index in [1.54, 1.807) is 30.6 Å². The molecule has 2 aromatic rings. The highest BCUT2D eigenvalue weighted by molar-refractivity contribution is 7.89. The fourth-order valence-corrected chi connectivity index (χ4v) is 5.62. The van der Waals surface area contributed by atoms with Gasteiger partial charge in [0.25, 0.3) is 0 Å². The van der Waals surface area contributed by atoms with Crippen LogP contribution < -0.4 is 5.32 Å². The minimum atomic E-state index is -3.69. The van der Waals surface area contributed by atoms with Gasteiger partial charge in [-0.1, -0.05) is 12.1 Å². The van der Waals surface area contributed by atoms with Gasteiger partial charge < -0.3 is 10.4 Å². The summed E-state index contributed by atoms with van der Waals surface area (Å²) in [7, 11) is -3.69. The Bertz CT molecular complexity index is 925. The van der Waals surface area contributed by atoms with E-state index in [2.05, 4.69) is 10.3 Å². The number of nitrogens with one attached hydrogen (secondary N) is 1. The average Bonchev–Trinajstić information content (AvgIpc) is 2.79. The molecule has 2 fully saturated rings. The van der Waals surface area contributed by atoms with Gasteiger partial charge in [-0.05, 0) is 30.9 Å². The highest BCUT2D eigenvalue weighted by Gasteiger charge is 2.56. The Balaban J connectivity index is 1.72. The number of carbonyl (C=O) groups is 1. The molecular weight excluding hydrogens is 330 g/mol. The maximum absolute atomic E-state index is 13.1. The third kappa shape index (κ3) is 2.17. The number of benzene rings is 1. The molecule has 126 valence electrons. The van der Waals surface area contributed by atoms with Gasteiger partial charge in [-0.25, -0.2) is 13.2 Å². The number of amides is 1. The normalized spacial score (nSPS) is 26.8. The zero-order chi connectivity index (χ0) is 16.9. The smallest absolute Gasteiger partial charge is 0.405 e. The molecule has 1 saturated heterocycles. The Hall–Kier alpha value is -2.19. The van der Waals surface area contributed by atoms with E-state index >= 15 is 0 Å². The molecule has 2 unspecified atom stereocenters. The molecule has 4 rings (SSSR count). The molecule has 0 radical (unpaired) electrons. The summed E-state index contributed by atoms with van der Waals surface area (Å²) >= 11 is 0. The van der Waals surface area contributed by atoms with Crippen LogP contribution in [0.2, 0.25) is 0 Å². The number of aromatic nitrogens is 1. The van der Waals surface area contributed by atoms with Crippen LogP contribution in [0, 0.1) is 5.92 Å². The van der Waals surface area contributed by atoms with Gasteiger partial charge in [0.2, 0.25) is 10.0 Å². The Kier molecular flexibility index (Phi) is 3.29. The van der Waals surface area contributed by atoms with Gasteiger partial charge in [-0.2, -0.15) is 4.31 Å². The van der Waals surface area contributed by atoms with Crippen LogP contribution in [-0.2, 0) is 10.0 Å². The Morgan fingerprint density at radius 2 is 2.21 bits per heavy atom. The molecule has 1 aliphatic heterocycles. The monoisotopic (exact) mass is 347 g/mol. The number of hydrogen-bond acceptors (Lipinski definition) is 4. The van der Waals surface area contributed by atoms with Crippen LogP contribution in [0.25, 0.3) is 10.8 Å². The Labute approximate surface area is 139 Å². The minimum Gasteiger partial charge on any atom is -0.465 e. The summed E-state index contributed by atoms with van der Waals surface area (Å²) in [5.41, 5.74) is -0.634. The van der Waals surface area contributed by atoms with Crippen LogP contribution in [0.1, 0.15) is 12.8 Å². The Morgan fingerprint density at radius 1 is 1.38 bits per heavy atom. The van der Waals surface area contributed by atoms with E-state index in [-0.39, 0.29) is 17.4 Å². The number of hydrogen-bond donors (Lipinski definition) is 2. The molecule has 2 heterocycles. The van der Waals surface area contributed by atoms with Gasteiger partial charge in [-0.15, -0.1) is 0 Å². The third-order valence-electron chi connectivity index (χ3n) is 5.22. The summed E-state index contributed by atoms with van der Waals surface area (Å²) in [4.78, 5) is 15.3. The van der Waals surface area contributed by atoms with E-state index in [4.69, 9.17) is 5.11 Å². The molecule has 2 atom stereocenters. The van der Waals surface area contributed by atoms with Crippen LogP contribution in [0.4, 0.5) is 4.79 Å². The summed E-state index contributed by atoms with van der Waals surface area (Å²) in [6.07, 6.45) is 3.62. The lowest BCUT2D eigenvalue weighted by atomic mass is 9.69. The summed E-state index contributed by atoms with van der Waals surface area (Å²) in [6.45, 7) is 0.540. The molecule has 1 aromatic heterocycles. The second-order valence-corrected chi connectivity index (χ2v) is 8.38. The first-order valence-electron chi connectivity index (χ1n) is 7.76. The average molecular weight is 347 g/mol. The van der Waals surface area contributed by atoms with Crippen molar-refractivity contribution in [2.45, 2.75) is 23.3 Å². The lowest BCUT2D eigenvalue weighted by Crippen LogP contribution is -2.59. The second kappa shape index (κ2) is 5.15. The van der Waals surface area contributed by atoms with Gasteiger partial charge in [0, 0.05) is 36.3 Å². The highest BCUT2D eigenvalue weighted by Crippen LogP contribution is 2.46. The van der Waals surface area contributed by atoms with Crippen molar-refractivity contribution < 1.29 is 18.3 Å². The SMILES string of the molecule is O=C(O)NC12CCC1CN(S(=O)(=O)c1cccc3cnccc13)C2. The zero-order valence-electron chi connectivity index (χ0n) is 12.8. The van der Waals surface area contributed by atoms with Crippen molar-refractivity contribution in [2.24, 2.45) is 5.92 Å². The number of sulfonamides is 1. The van der Waals surface area contributed by atoms with Crippen LogP contribution >= 0.6 is 0 Å². The van der Waals surface area contributed by atoms with Gasteiger partial charge >= 0.3 is 6.09 Å². The minimum absolute atomic E-state index is 0.0417. The van der Waals surface area contributed by atoms with Crippen molar-refractivity contribution in [3.63, 3.8) is 0 Å². The quantitative estimate of drug-likeness (QED) is 0.879. The number of rotatable bonds is 3. The predicted octanol–water partition coefficient (Wildman–Crippen LogP) is 1.66. The predicted molar refractivity (Wildman–Crippen MR) is 87.1 cm³/mol. The first-order chi connectivity index (χ1) is 11.4. The summed E-state index contributed by atoms with van der Waals surface area (Å²) in [5, 5.41) is 13.0. The van der Waals surface area contributed by atoms with Gasteiger partial charge in [0.1, 0.15) is 0 Å². The molecule has 1 aromatic carbocycles. The van der Waals surface area contributed by atoms with E-state index in [0.29, 0.717) is 18.4 Å². The fraction of sp³-hybridized carbons (Fsp3) is 0.375. The lowest BCUT2D eigenvalue weighted by Gasteiger charge is -2.43. The first-order valence-corrected chi connectivity index (χ1v) is 9.20. The Morgan fingerprint density at radius 3 is 2.92 bits per heavy atom. The molecule has 1 saturated carbocycles. The molecule has 24 heavy (non-hydrogen) atoms. The largest absolute Gasteiger partial charge is 0.465 e. The summed E-state index contributed by atoms with van der Waals surface area (Å²) in [6, 6.07) is 6.81. The molecule has 0 bridgehead atoms. The molecule has 8 heteroatoms. The molecule has 1 amide bonds. The highest BCUT2D eigenvalue weighted by atomic mass is 32.2. The van der Waals surface area contributed by atoms with Crippen molar-refractivity contribution in [1.29, 1.82) is 0 Å². The third-order valence-corrected chi connectivity index (χ3v) is 7.09. The molecule has 2 N–H and O–H groups in total. The van der Waals surface area contributed by atoms with Crippen molar-refractivity contribution >= 4 is 26.9 Å². The lowest BCUT2D eigenvalue weighted by molar-refractivity contribution is 0.118. The number of carboxylic acid groups (broad SMARTS) is 1. The fourth-order valence-electron chi connectivity index (χ4n) is 3.85. The van der Waals surface area contributed by atoms with Crippen molar-refractivity contribution in [1.82, 2.24) is 14.6 Å². The van der Waals surface area contributed by atoms with Crippen LogP contribution in [0.15, 0.2) is 41.6 Å². The van der Waals surface area contributed by atoms with E-state index in [1.807, 2.05) is 6.07 Å². The van der Waals surface area contributed by atoms with E-state index in [9.17, 15) is 13.2 Å².